The molecule has 0 amide bonds. The van der Waals surface area contributed by atoms with Crippen molar-refractivity contribution < 1.29 is 4.79 Å². The van der Waals surface area contributed by atoms with Crippen molar-refractivity contribution >= 4 is 5.78 Å². The molecule has 0 fully saturated rings. The van der Waals surface area contributed by atoms with Crippen molar-refractivity contribution in [2.24, 2.45) is 5.92 Å². The van der Waals surface area contributed by atoms with Crippen molar-refractivity contribution in [1.29, 1.82) is 0 Å². The van der Waals surface area contributed by atoms with Crippen LogP contribution < -0.4 is 0 Å². The molecule has 0 aliphatic rings. The summed E-state index contributed by atoms with van der Waals surface area (Å²) in [5, 5.41) is 0. The van der Waals surface area contributed by atoms with E-state index in [2.05, 4.69) is 32.6 Å². The predicted octanol–water partition coefficient (Wildman–Crippen LogP) is 3.89. The molecular weight excluding hydrogens is 210 g/mol. The molecule has 0 rings (SSSR count). The molecule has 102 valence electrons. The van der Waals surface area contributed by atoms with E-state index < -0.39 is 0 Å². The molecule has 2 heteroatoms. The van der Waals surface area contributed by atoms with Crippen LogP contribution in [0.5, 0.6) is 0 Å². The van der Waals surface area contributed by atoms with Gasteiger partial charge in [-0.2, -0.15) is 0 Å². The molecule has 0 N–H and O–H groups in total. The second-order valence-electron chi connectivity index (χ2n) is 4.86. The van der Waals surface area contributed by atoms with E-state index in [1.807, 2.05) is 6.92 Å². The topological polar surface area (TPSA) is 20.3 Å². The number of likely N-dealkylation sites (N-methyl/N-ethyl adjacent to an activating group) is 1. The first-order valence-electron chi connectivity index (χ1n) is 7.41. The van der Waals surface area contributed by atoms with Crippen LogP contribution in [-0.4, -0.2) is 29.8 Å². The van der Waals surface area contributed by atoms with Crippen LogP contribution in [0.1, 0.15) is 66.7 Å². The zero-order chi connectivity index (χ0) is 13.3. The molecule has 0 aliphatic carbocycles. The fraction of sp³-hybridized carbons (Fsp3) is 0.933. The maximum Gasteiger partial charge on any atom is 0.149 e. The third-order valence-electron chi connectivity index (χ3n) is 3.80. The maximum atomic E-state index is 12.1. The highest BCUT2D eigenvalue weighted by Crippen LogP contribution is 2.21. The van der Waals surface area contributed by atoms with E-state index in [0.717, 1.165) is 19.5 Å². The molecule has 2 atom stereocenters. The molecular formula is C15H31NO. The molecule has 0 saturated carbocycles. The standard InChI is InChI=1S/C15H31NO/c1-6-11-13(7-2)12-14(15(17)8-3)16(9-4)10-5/h13-14H,6-12H2,1-5H3/t13-,14+/m1/s1. The zero-order valence-electron chi connectivity index (χ0n) is 12.5. The predicted molar refractivity (Wildman–Crippen MR) is 75.3 cm³/mol. The summed E-state index contributed by atoms with van der Waals surface area (Å²) >= 11 is 0. The normalized spacial score (nSPS) is 14.9. The van der Waals surface area contributed by atoms with Crippen molar-refractivity contribution in [3.05, 3.63) is 0 Å². The number of ketones is 1. The summed E-state index contributed by atoms with van der Waals surface area (Å²) < 4.78 is 0. The van der Waals surface area contributed by atoms with E-state index in [4.69, 9.17) is 0 Å². The molecule has 0 aromatic rings. The number of hydrogen-bond donors (Lipinski definition) is 0. The Labute approximate surface area is 108 Å². The number of hydrogen-bond acceptors (Lipinski definition) is 2. The average Bonchev–Trinajstić information content (AvgIpc) is 2.36. The summed E-state index contributed by atoms with van der Waals surface area (Å²) in [4.78, 5) is 14.4. The van der Waals surface area contributed by atoms with Crippen molar-refractivity contribution in [3.8, 4) is 0 Å². The van der Waals surface area contributed by atoms with E-state index in [-0.39, 0.29) is 6.04 Å². The Balaban J connectivity index is 4.61. The first kappa shape index (κ1) is 16.6. The Bertz CT molecular complexity index is 199. The fourth-order valence-corrected chi connectivity index (χ4v) is 2.60. The molecule has 0 radical (unpaired) electrons. The minimum atomic E-state index is 0.159. The highest BCUT2D eigenvalue weighted by molar-refractivity contribution is 5.83. The second-order valence-corrected chi connectivity index (χ2v) is 4.86. The van der Waals surface area contributed by atoms with Crippen LogP contribution in [0, 0.1) is 5.92 Å². The second kappa shape index (κ2) is 9.64. The molecule has 0 saturated heterocycles. The van der Waals surface area contributed by atoms with Gasteiger partial charge in [0.05, 0.1) is 6.04 Å². The van der Waals surface area contributed by atoms with Gasteiger partial charge in [0, 0.05) is 6.42 Å². The molecule has 0 bridgehead atoms. The monoisotopic (exact) mass is 241 g/mol. The van der Waals surface area contributed by atoms with Gasteiger partial charge in [-0.1, -0.05) is 53.9 Å². The van der Waals surface area contributed by atoms with E-state index >= 15 is 0 Å². The lowest BCUT2D eigenvalue weighted by molar-refractivity contribution is -0.124. The highest BCUT2D eigenvalue weighted by Gasteiger charge is 2.24. The summed E-state index contributed by atoms with van der Waals surface area (Å²) in [6.07, 6.45) is 5.40. The Morgan fingerprint density at radius 3 is 2.00 bits per heavy atom. The van der Waals surface area contributed by atoms with Gasteiger partial charge in [-0.05, 0) is 25.4 Å². The van der Waals surface area contributed by atoms with Crippen LogP contribution in [0.3, 0.4) is 0 Å². The largest absolute Gasteiger partial charge is 0.298 e. The molecule has 0 heterocycles. The van der Waals surface area contributed by atoms with Crippen LogP contribution in [0.4, 0.5) is 0 Å². The van der Waals surface area contributed by atoms with Gasteiger partial charge in [-0.25, -0.2) is 0 Å². The van der Waals surface area contributed by atoms with Gasteiger partial charge in [-0.3, -0.25) is 9.69 Å². The summed E-state index contributed by atoms with van der Waals surface area (Å²) in [6, 6.07) is 0.159. The van der Waals surface area contributed by atoms with Crippen LogP contribution >= 0.6 is 0 Å². The van der Waals surface area contributed by atoms with Gasteiger partial charge in [-0.15, -0.1) is 0 Å². The van der Waals surface area contributed by atoms with Crippen LogP contribution in [0.2, 0.25) is 0 Å². The van der Waals surface area contributed by atoms with E-state index in [0.29, 0.717) is 18.1 Å². The molecule has 17 heavy (non-hydrogen) atoms. The SMILES string of the molecule is CCC[C@@H](CC)C[C@@H](C(=O)CC)N(CC)CC. The van der Waals surface area contributed by atoms with Gasteiger partial charge in [0.15, 0.2) is 0 Å². The van der Waals surface area contributed by atoms with Crippen LogP contribution in [0.15, 0.2) is 0 Å². The Kier molecular flexibility index (Phi) is 9.43. The zero-order valence-corrected chi connectivity index (χ0v) is 12.5. The number of carbonyl (C=O) groups excluding carboxylic acids is 1. The van der Waals surface area contributed by atoms with Gasteiger partial charge in [0.2, 0.25) is 0 Å². The quantitative estimate of drug-likeness (QED) is 0.578. The summed E-state index contributed by atoms with van der Waals surface area (Å²) in [6.45, 7) is 12.7. The third kappa shape index (κ3) is 5.67. The smallest absolute Gasteiger partial charge is 0.149 e. The van der Waals surface area contributed by atoms with Crippen molar-refractivity contribution in [2.75, 3.05) is 13.1 Å². The van der Waals surface area contributed by atoms with E-state index in [9.17, 15) is 4.79 Å². The summed E-state index contributed by atoms with van der Waals surface area (Å²) in [5.74, 6) is 1.13. The Morgan fingerprint density at radius 2 is 1.65 bits per heavy atom. The van der Waals surface area contributed by atoms with E-state index in [1.165, 1.54) is 19.3 Å². The molecule has 0 aromatic heterocycles. The Morgan fingerprint density at radius 1 is 1.06 bits per heavy atom. The molecule has 0 aliphatic heterocycles. The summed E-state index contributed by atoms with van der Waals surface area (Å²) in [5.41, 5.74) is 0. The lowest BCUT2D eigenvalue weighted by Crippen LogP contribution is -2.42. The minimum Gasteiger partial charge on any atom is -0.298 e. The number of rotatable bonds is 10. The molecule has 0 spiro atoms. The fourth-order valence-electron chi connectivity index (χ4n) is 2.60. The minimum absolute atomic E-state index is 0.159. The summed E-state index contributed by atoms with van der Waals surface area (Å²) in [7, 11) is 0. The van der Waals surface area contributed by atoms with Crippen LogP contribution in [-0.2, 0) is 4.79 Å². The first-order chi connectivity index (χ1) is 8.14. The lowest BCUT2D eigenvalue weighted by Gasteiger charge is -2.31. The molecule has 2 nitrogen and oxygen atoms in total. The van der Waals surface area contributed by atoms with Gasteiger partial charge < -0.3 is 0 Å². The van der Waals surface area contributed by atoms with Crippen molar-refractivity contribution in [3.63, 3.8) is 0 Å². The van der Waals surface area contributed by atoms with Crippen LogP contribution in [0.25, 0.3) is 0 Å². The highest BCUT2D eigenvalue weighted by atomic mass is 16.1. The number of Topliss-reactive ketones (excluding diaryl/α,β-unsaturated/α-hetero) is 1. The van der Waals surface area contributed by atoms with Crippen molar-refractivity contribution in [1.82, 2.24) is 4.90 Å². The van der Waals surface area contributed by atoms with Gasteiger partial charge in [0.1, 0.15) is 5.78 Å². The lowest BCUT2D eigenvalue weighted by atomic mass is 9.90. The number of nitrogens with zero attached hydrogens (tertiary/aromatic N) is 1. The van der Waals surface area contributed by atoms with Gasteiger partial charge >= 0.3 is 0 Å². The Hall–Kier alpha value is -0.370. The van der Waals surface area contributed by atoms with E-state index in [1.54, 1.807) is 0 Å². The third-order valence-corrected chi connectivity index (χ3v) is 3.80. The molecule has 0 aromatic carbocycles. The van der Waals surface area contributed by atoms with Crippen molar-refractivity contribution in [2.45, 2.75) is 72.8 Å². The average molecular weight is 241 g/mol. The maximum absolute atomic E-state index is 12.1. The van der Waals surface area contributed by atoms with Gasteiger partial charge in [0.25, 0.3) is 0 Å². The molecule has 0 unspecified atom stereocenters. The first-order valence-corrected chi connectivity index (χ1v) is 7.41. The number of carbonyl (C=O) groups is 1.